The summed E-state index contributed by atoms with van der Waals surface area (Å²) in [5.41, 5.74) is -0.824. The van der Waals surface area contributed by atoms with Gasteiger partial charge in [0.15, 0.2) is 5.78 Å². The molecule has 0 N–H and O–H groups in total. The van der Waals surface area contributed by atoms with E-state index in [0.717, 1.165) is 4.90 Å². The van der Waals surface area contributed by atoms with Crippen LogP contribution in [0.5, 0.6) is 0 Å². The van der Waals surface area contributed by atoms with Crippen molar-refractivity contribution in [1.82, 2.24) is 4.90 Å². The SMILES string of the molecule is CC(C)(C)N(CC(=O)CCl)C(=O)C(F)F. The van der Waals surface area contributed by atoms with Crippen molar-refractivity contribution in [3.8, 4) is 0 Å². The van der Waals surface area contributed by atoms with Crippen LogP contribution in [0, 0.1) is 0 Å². The number of nitrogens with zero attached hydrogens (tertiary/aromatic N) is 1. The maximum absolute atomic E-state index is 12.2. The molecule has 6 heteroatoms. The van der Waals surface area contributed by atoms with Gasteiger partial charge in [-0.25, -0.2) is 0 Å². The summed E-state index contributed by atoms with van der Waals surface area (Å²) >= 11 is 5.26. The zero-order valence-electron chi connectivity index (χ0n) is 8.89. The highest BCUT2D eigenvalue weighted by atomic mass is 35.5. The maximum atomic E-state index is 12.2. The number of alkyl halides is 3. The summed E-state index contributed by atoms with van der Waals surface area (Å²) in [6.07, 6.45) is -3.10. The van der Waals surface area contributed by atoms with Crippen LogP contribution in [-0.2, 0) is 9.59 Å². The van der Waals surface area contributed by atoms with Gasteiger partial charge in [0, 0.05) is 5.54 Å². The smallest absolute Gasteiger partial charge is 0.315 e. The molecule has 0 aliphatic rings. The van der Waals surface area contributed by atoms with Gasteiger partial charge in [-0.15, -0.1) is 11.6 Å². The van der Waals surface area contributed by atoms with Crippen LogP contribution < -0.4 is 0 Å². The molecule has 0 radical (unpaired) electrons. The van der Waals surface area contributed by atoms with Crippen molar-refractivity contribution >= 4 is 23.3 Å². The summed E-state index contributed by atoms with van der Waals surface area (Å²) in [5.74, 6) is -2.09. The van der Waals surface area contributed by atoms with E-state index >= 15 is 0 Å². The van der Waals surface area contributed by atoms with E-state index in [4.69, 9.17) is 11.6 Å². The Morgan fingerprint density at radius 1 is 1.33 bits per heavy atom. The Balaban J connectivity index is 4.75. The number of hydrogen-bond donors (Lipinski definition) is 0. The topological polar surface area (TPSA) is 37.4 Å². The molecule has 0 rings (SSSR count). The van der Waals surface area contributed by atoms with Gasteiger partial charge in [-0.2, -0.15) is 8.78 Å². The van der Waals surface area contributed by atoms with Crippen LogP contribution in [0.25, 0.3) is 0 Å². The minimum atomic E-state index is -3.10. The quantitative estimate of drug-likeness (QED) is 0.703. The van der Waals surface area contributed by atoms with Crippen molar-refractivity contribution < 1.29 is 18.4 Å². The molecule has 0 aromatic heterocycles. The van der Waals surface area contributed by atoms with Gasteiger partial charge in [-0.05, 0) is 20.8 Å². The lowest BCUT2D eigenvalue weighted by atomic mass is 10.1. The first kappa shape index (κ1) is 14.3. The molecule has 0 aromatic rings. The van der Waals surface area contributed by atoms with Gasteiger partial charge in [-0.1, -0.05) is 0 Å². The highest BCUT2D eigenvalue weighted by Gasteiger charge is 2.32. The second kappa shape index (κ2) is 5.39. The van der Waals surface area contributed by atoms with Crippen LogP contribution in [-0.4, -0.2) is 41.0 Å². The molecule has 3 nitrogen and oxygen atoms in total. The van der Waals surface area contributed by atoms with Crippen LogP contribution in [0.2, 0.25) is 0 Å². The fourth-order valence-corrected chi connectivity index (χ4v) is 1.07. The monoisotopic (exact) mass is 241 g/mol. The molecule has 0 aliphatic carbocycles. The van der Waals surface area contributed by atoms with Crippen LogP contribution in [0.1, 0.15) is 20.8 Å². The molecule has 0 fully saturated rings. The third-order valence-corrected chi connectivity index (χ3v) is 2.04. The normalized spacial score (nSPS) is 11.7. The van der Waals surface area contributed by atoms with E-state index in [1.807, 2.05) is 0 Å². The predicted molar refractivity (Wildman–Crippen MR) is 53.2 cm³/mol. The number of rotatable bonds is 4. The van der Waals surface area contributed by atoms with Crippen molar-refractivity contribution in [2.24, 2.45) is 0 Å². The van der Waals surface area contributed by atoms with Gasteiger partial charge in [0.2, 0.25) is 0 Å². The van der Waals surface area contributed by atoms with E-state index < -0.39 is 23.7 Å². The van der Waals surface area contributed by atoms with Gasteiger partial charge in [0.25, 0.3) is 5.91 Å². The van der Waals surface area contributed by atoms with Crippen LogP contribution in [0.3, 0.4) is 0 Å². The molecule has 0 aromatic carbocycles. The average molecular weight is 242 g/mol. The maximum Gasteiger partial charge on any atom is 0.315 e. The number of carbonyl (C=O) groups is 2. The Bertz CT molecular complexity index is 251. The Morgan fingerprint density at radius 2 is 1.80 bits per heavy atom. The second-order valence-electron chi connectivity index (χ2n) is 4.07. The lowest BCUT2D eigenvalue weighted by Crippen LogP contribution is -2.50. The number of hydrogen-bond acceptors (Lipinski definition) is 2. The van der Waals surface area contributed by atoms with E-state index in [2.05, 4.69) is 0 Å². The summed E-state index contributed by atoms with van der Waals surface area (Å²) in [5, 5.41) is 0. The lowest BCUT2D eigenvalue weighted by molar-refractivity contribution is -0.150. The summed E-state index contributed by atoms with van der Waals surface area (Å²) in [7, 11) is 0. The molecular formula is C9H14ClF2NO2. The standard InChI is InChI=1S/C9H14ClF2NO2/c1-9(2,3)13(5-6(14)4-10)8(15)7(11)12/h7H,4-5H2,1-3H3. The Hall–Kier alpha value is -0.710. The van der Waals surface area contributed by atoms with Crippen molar-refractivity contribution in [3.63, 3.8) is 0 Å². The molecule has 0 bridgehead atoms. The third-order valence-electron chi connectivity index (χ3n) is 1.75. The van der Waals surface area contributed by atoms with Gasteiger partial charge in [0.05, 0.1) is 12.4 Å². The third kappa shape index (κ3) is 4.55. The molecule has 1 amide bonds. The van der Waals surface area contributed by atoms with Crippen LogP contribution in [0.4, 0.5) is 8.78 Å². The van der Waals surface area contributed by atoms with Crippen LogP contribution in [0.15, 0.2) is 0 Å². The van der Waals surface area contributed by atoms with Gasteiger partial charge < -0.3 is 4.90 Å². The van der Waals surface area contributed by atoms with E-state index in [1.165, 1.54) is 0 Å². The highest BCUT2D eigenvalue weighted by Crippen LogP contribution is 2.16. The first-order valence-corrected chi connectivity index (χ1v) is 4.91. The fourth-order valence-electron chi connectivity index (χ4n) is 0.982. The number of ketones is 1. The molecule has 0 atom stereocenters. The van der Waals surface area contributed by atoms with E-state index in [9.17, 15) is 18.4 Å². The van der Waals surface area contributed by atoms with Crippen molar-refractivity contribution in [1.29, 1.82) is 0 Å². The molecule has 0 unspecified atom stereocenters. The fraction of sp³-hybridized carbons (Fsp3) is 0.778. The van der Waals surface area contributed by atoms with E-state index in [-0.39, 0.29) is 12.4 Å². The van der Waals surface area contributed by atoms with Crippen LogP contribution >= 0.6 is 11.6 Å². The molecule has 0 saturated heterocycles. The highest BCUT2D eigenvalue weighted by molar-refractivity contribution is 6.28. The van der Waals surface area contributed by atoms with Gasteiger partial charge in [-0.3, -0.25) is 9.59 Å². The summed E-state index contributed by atoms with van der Waals surface area (Å²) in [6.45, 7) is 4.36. The van der Waals surface area contributed by atoms with Crippen molar-refractivity contribution in [2.45, 2.75) is 32.7 Å². The van der Waals surface area contributed by atoms with Crippen molar-refractivity contribution in [2.75, 3.05) is 12.4 Å². The zero-order chi connectivity index (χ0) is 12.2. The molecule has 88 valence electrons. The predicted octanol–water partition coefficient (Wildman–Crippen LogP) is 1.69. The van der Waals surface area contributed by atoms with Gasteiger partial charge >= 0.3 is 6.43 Å². The van der Waals surface area contributed by atoms with Gasteiger partial charge in [0.1, 0.15) is 0 Å². The lowest BCUT2D eigenvalue weighted by Gasteiger charge is -2.34. The first-order valence-electron chi connectivity index (χ1n) is 4.37. The first-order chi connectivity index (χ1) is 6.70. The van der Waals surface area contributed by atoms with Crippen molar-refractivity contribution in [3.05, 3.63) is 0 Å². The van der Waals surface area contributed by atoms with E-state index in [1.54, 1.807) is 20.8 Å². The number of Topliss-reactive ketones (excluding diaryl/α,β-unsaturated/α-hetero) is 1. The summed E-state index contributed by atoms with van der Waals surface area (Å²) in [6, 6.07) is 0. The minimum Gasteiger partial charge on any atom is -0.326 e. The molecule has 0 aliphatic heterocycles. The zero-order valence-corrected chi connectivity index (χ0v) is 9.65. The Labute approximate surface area is 92.4 Å². The minimum absolute atomic E-state index is 0.289. The van der Waals surface area contributed by atoms with E-state index in [0.29, 0.717) is 0 Å². The molecular weight excluding hydrogens is 228 g/mol. The average Bonchev–Trinajstić information content (AvgIpc) is 2.10. The Morgan fingerprint density at radius 3 is 2.07 bits per heavy atom. The second-order valence-corrected chi connectivity index (χ2v) is 4.34. The molecule has 15 heavy (non-hydrogen) atoms. The summed E-state index contributed by atoms with van der Waals surface area (Å²) < 4.78 is 24.5. The molecule has 0 spiro atoms. The summed E-state index contributed by atoms with van der Waals surface area (Å²) in [4.78, 5) is 23.0. The molecule has 0 saturated carbocycles. The number of halogens is 3. The Kier molecular flexibility index (Phi) is 5.14. The number of carbonyl (C=O) groups excluding carboxylic acids is 2. The molecule has 0 heterocycles. The largest absolute Gasteiger partial charge is 0.326 e. The number of amides is 1.